The molecule has 0 radical (unpaired) electrons. The van der Waals surface area contributed by atoms with Crippen molar-refractivity contribution in [3.8, 4) is 16.9 Å². The third kappa shape index (κ3) is 5.12. The summed E-state index contributed by atoms with van der Waals surface area (Å²) in [7, 11) is 0. The van der Waals surface area contributed by atoms with Gasteiger partial charge in [-0.3, -0.25) is 0 Å². The van der Waals surface area contributed by atoms with Gasteiger partial charge in [0.25, 0.3) is 0 Å². The molecule has 1 aliphatic heterocycles. The molecule has 0 unspecified atom stereocenters. The van der Waals surface area contributed by atoms with Gasteiger partial charge in [0.1, 0.15) is 24.0 Å². The molecule has 5 aromatic rings. The number of imidazole rings is 1. The molecule has 9 heteroatoms. The first-order valence-corrected chi connectivity index (χ1v) is 14.2. The van der Waals surface area contributed by atoms with E-state index in [0.717, 1.165) is 70.2 Å². The SMILES string of the molecule is Cc1nc2ncc(-c3ccc4c(c3)CN(c3nc(C[n+]5cccc(F)c5)nc5c3CC(C)(C)CC5)CCO4)cc2[nH]1. The van der Waals surface area contributed by atoms with Crippen LogP contribution in [0.25, 0.3) is 22.3 Å². The Balaban J connectivity index is 1.26. The first-order valence-electron chi connectivity index (χ1n) is 14.2. The summed E-state index contributed by atoms with van der Waals surface area (Å²) in [5.74, 6) is 3.13. The van der Waals surface area contributed by atoms with Crippen molar-refractivity contribution in [3.63, 3.8) is 0 Å². The van der Waals surface area contributed by atoms with Crippen molar-refractivity contribution in [1.82, 2.24) is 24.9 Å². The topological polar surface area (TPSA) is 83.7 Å². The summed E-state index contributed by atoms with van der Waals surface area (Å²) < 4.78 is 21.9. The standard InChI is InChI=1S/C32H33FN7O/c1-20-35-27-14-22(16-34-30(27)36-20)21-6-7-28-23(13-21)17-40(11-12-41-28)31-25-15-32(2,3)9-8-26(25)37-29(38-31)19-39-10-4-5-24(33)18-39/h4-7,10,13-14,16,18H,8-9,11-12,15,17,19H2,1-3H3,(H,34,35,36)/q+1. The Morgan fingerprint density at radius 2 is 2.02 bits per heavy atom. The molecule has 0 bridgehead atoms. The normalized spacial score (nSPS) is 16.1. The maximum Gasteiger partial charge on any atom is 0.207 e. The monoisotopic (exact) mass is 550 g/mol. The van der Waals surface area contributed by atoms with Crippen molar-refractivity contribution in [1.29, 1.82) is 0 Å². The van der Waals surface area contributed by atoms with Crippen LogP contribution in [0.4, 0.5) is 10.2 Å². The molecule has 1 aromatic carbocycles. The molecule has 4 aromatic heterocycles. The maximum absolute atomic E-state index is 13.9. The van der Waals surface area contributed by atoms with E-state index >= 15 is 0 Å². The van der Waals surface area contributed by atoms with Crippen molar-refractivity contribution >= 4 is 17.0 Å². The van der Waals surface area contributed by atoms with Crippen LogP contribution in [0, 0.1) is 18.2 Å². The molecule has 2 aliphatic rings. The highest BCUT2D eigenvalue weighted by Crippen LogP contribution is 2.39. The molecule has 1 aliphatic carbocycles. The molecule has 0 saturated carbocycles. The lowest BCUT2D eigenvalue weighted by atomic mass is 9.76. The quantitative estimate of drug-likeness (QED) is 0.313. The first-order chi connectivity index (χ1) is 19.8. The number of fused-ring (bicyclic) bond motifs is 3. The Hall–Kier alpha value is -4.40. The Kier molecular flexibility index (Phi) is 6.17. The van der Waals surface area contributed by atoms with Crippen LogP contribution in [0.2, 0.25) is 0 Å². The van der Waals surface area contributed by atoms with Crippen molar-refractivity contribution < 1.29 is 13.7 Å². The average molecular weight is 551 g/mol. The molecule has 7 rings (SSSR count). The van der Waals surface area contributed by atoms with Gasteiger partial charge in [-0.15, -0.1) is 0 Å². The summed E-state index contributed by atoms with van der Waals surface area (Å²) in [4.78, 5) is 24.7. The highest BCUT2D eigenvalue weighted by Gasteiger charge is 2.32. The number of H-pyrrole nitrogens is 1. The number of hydrogen-bond acceptors (Lipinski definition) is 6. The van der Waals surface area contributed by atoms with E-state index in [4.69, 9.17) is 14.7 Å². The number of aryl methyl sites for hydroxylation is 2. The van der Waals surface area contributed by atoms with Gasteiger partial charge in [0.05, 0.1) is 12.1 Å². The predicted octanol–water partition coefficient (Wildman–Crippen LogP) is 5.11. The molecule has 41 heavy (non-hydrogen) atoms. The number of pyridine rings is 2. The van der Waals surface area contributed by atoms with E-state index in [1.807, 2.05) is 19.3 Å². The fourth-order valence-corrected chi connectivity index (χ4v) is 6.00. The van der Waals surface area contributed by atoms with Gasteiger partial charge in [-0.25, -0.2) is 24.3 Å². The molecule has 0 atom stereocenters. The largest absolute Gasteiger partial charge is 0.491 e. The van der Waals surface area contributed by atoms with Gasteiger partial charge in [0.15, 0.2) is 23.5 Å². The van der Waals surface area contributed by atoms with E-state index in [-0.39, 0.29) is 11.2 Å². The lowest BCUT2D eigenvalue weighted by Crippen LogP contribution is -2.37. The molecular weight excluding hydrogens is 517 g/mol. The maximum atomic E-state index is 13.9. The minimum Gasteiger partial charge on any atom is -0.491 e. The van der Waals surface area contributed by atoms with E-state index in [1.54, 1.807) is 10.6 Å². The molecule has 0 fully saturated rings. The van der Waals surface area contributed by atoms with E-state index in [2.05, 4.69) is 58.0 Å². The van der Waals surface area contributed by atoms with Gasteiger partial charge in [-0.05, 0) is 61.4 Å². The van der Waals surface area contributed by atoms with Crippen molar-refractivity contribution in [2.45, 2.75) is 53.1 Å². The first kappa shape index (κ1) is 25.6. The number of aromatic amines is 1. The number of hydrogen-bond donors (Lipinski definition) is 1. The molecule has 1 N–H and O–H groups in total. The molecule has 5 heterocycles. The summed E-state index contributed by atoms with van der Waals surface area (Å²) in [6.07, 6.45) is 8.12. The number of nitrogens with zero attached hydrogens (tertiary/aromatic N) is 6. The van der Waals surface area contributed by atoms with E-state index in [9.17, 15) is 4.39 Å². The fourth-order valence-electron chi connectivity index (χ4n) is 6.00. The van der Waals surface area contributed by atoms with Gasteiger partial charge in [0.2, 0.25) is 12.7 Å². The van der Waals surface area contributed by atoms with Crippen LogP contribution in [-0.2, 0) is 25.9 Å². The molecule has 0 amide bonds. The number of halogens is 1. The van der Waals surface area contributed by atoms with Crippen molar-refractivity contribution in [2.24, 2.45) is 5.41 Å². The molecule has 8 nitrogen and oxygen atoms in total. The predicted molar refractivity (Wildman–Crippen MR) is 154 cm³/mol. The summed E-state index contributed by atoms with van der Waals surface area (Å²) in [6, 6.07) is 11.6. The average Bonchev–Trinajstić information content (AvgIpc) is 3.18. The lowest BCUT2D eigenvalue weighted by Gasteiger charge is -2.34. The summed E-state index contributed by atoms with van der Waals surface area (Å²) >= 11 is 0. The van der Waals surface area contributed by atoms with Crippen LogP contribution in [0.5, 0.6) is 5.75 Å². The molecule has 0 saturated heterocycles. The van der Waals surface area contributed by atoms with E-state index < -0.39 is 0 Å². The zero-order chi connectivity index (χ0) is 28.1. The Morgan fingerprint density at radius 1 is 1.12 bits per heavy atom. The van der Waals surface area contributed by atoms with Gasteiger partial charge in [0, 0.05) is 41.2 Å². The number of anilines is 1. The van der Waals surface area contributed by atoms with Crippen LogP contribution in [-0.4, -0.2) is 38.1 Å². The van der Waals surface area contributed by atoms with Crippen molar-refractivity contribution in [3.05, 3.63) is 89.3 Å². The van der Waals surface area contributed by atoms with Crippen LogP contribution in [0.3, 0.4) is 0 Å². The van der Waals surface area contributed by atoms with Gasteiger partial charge in [-0.2, -0.15) is 4.57 Å². The van der Waals surface area contributed by atoms with Crippen molar-refractivity contribution in [2.75, 3.05) is 18.1 Å². The van der Waals surface area contributed by atoms with Crippen LogP contribution in [0.1, 0.15) is 48.7 Å². The summed E-state index contributed by atoms with van der Waals surface area (Å²) in [5.41, 5.74) is 7.34. The molecule has 208 valence electrons. The number of benzene rings is 1. The number of rotatable bonds is 4. The van der Waals surface area contributed by atoms with Gasteiger partial charge in [-0.1, -0.05) is 19.9 Å². The minimum absolute atomic E-state index is 0.175. The Morgan fingerprint density at radius 3 is 2.90 bits per heavy atom. The third-order valence-electron chi connectivity index (χ3n) is 8.09. The lowest BCUT2D eigenvalue weighted by molar-refractivity contribution is -0.690. The van der Waals surface area contributed by atoms with E-state index in [1.165, 1.54) is 17.8 Å². The Labute approximate surface area is 238 Å². The van der Waals surface area contributed by atoms with Crippen LogP contribution >= 0.6 is 0 Å². The smallest absolute Gasteiger partial charge is 0.207 e. The van der Waals surface area contributed by atoms with Crippen LogP contribution < -0.4 is 14.2 Å². The second kappa shape index (κ2) is 9.90. The zero-order valence-corrected chi connectivity index (χ0v) is 23.6. The second-order valence-corrected chi connectivity index (χ2v) is 11.9. The highest BCUT2D eigenvalue weighted by atomic mass is 19.1. The van der Waals surface area contributed by atoms with Gasteiger partial charge < -0.3 is 14.6 Å². The molecular formula is C32H33FN7O+. The second-order valence-electron chi connectivity index (χ2n) is 11.9. The van der Waals surface area contributed by atoms with Gasteiger partial charge >= 0.3 is 0 Å². The fraction of sp³-hybridized carbons (Fsp3) is 0.344. The Bertz CT molecular complexity index is 1780. The number of nitrogens with one attached hydrogen (secondary N) is 1. The zero-order valence-electron chi connectivity index (χ0n) is 23.6. The number of aromatic nitrogens is 6. The number of ether oxygens (including phenoxy) is 1. The van der Waals surface area contributed by atoms with E-state index in [0.29, 0.717) is 32.1 Å². The minimum atomic E-state index is -0.276. The molecule has 0 spiro atoms. The highest BCUT2D eigenvalue weighted by molar-refractivity contribution is 5.78. The van der Waals surface area contributed by atoms with Crippen LogP contribution in [0.15, 0.2) is 55.0 Å². The summed E-state index contributed by atoms with van der Waals surface area (Å²) in [5, 5.41) is 0. The summed E-state index contributed by atoms with van der Waals surface area (Å²) in [6.45, 7) is 8.91. The third-order valence-corrected chi connectivity index (χ3v) is 8.09.